The molecule has 0 fully saturated rings. The molecule has 3 aromatic rings. The zero-order valence-corrected chi connectivity index (χ0v) is 15.5. The van der Waals surface area contributed by atoms with Gasteiger partial charge < -0.3 is 5.32 Å². The lowest BCUT2D eigenvalue weighted by Gasteiger charge is -2.02. The summed E-state index contributed by atoms with van der Waals surface area (Å²) in [6, 6.07) is 7.67. The van der Waals surface area contributed by atoms with Crippen molar-refractivity contribution in [3.05, 3.63) is 49.8 Å². The predicted molar refractivity (Wildman–Crippen MR) is 99.9 cm³/mol. The lowest BCUT2D eigenvalue weighted by atomic mass is 10.2. The summed E-state index contributed by atoms with van der Waals surface area (Å²) in [6.45, 7) is 2.47. The van der Waals surface area contributed by atoms with Crippen molar-refractivity contribution >= 4 is 45.7 Å². The van der Waals surface area contributed by atoms with E-state index in [1.165, 1.54) is 11.3 Å². The standard InChI is InChI=1S/C17H16N2O2S3/c1-11-19-13(10-23-11)15-6-4-12(24-15)9-18-17(21)7-5-14(20)16-3-2-8-22-16/h2-4,6,8,10H,5,7,9H2,1H3,(H,18,21). The highest BCUT2D eigenvalue weighted by atomic mass is 32.1. The fraction of sp³-hybridized carbons (Fsp3) is 0.235. The third kappa shape index (κ3) is 4.37. The van der Waals surface area contributed by atoms with E-state index in [4.69, 9.17) is 0 Å². The quantitative estimate of drug-likeness (QED) is 0.617. The van der Waals surface area contributed by atoms with E-state index >= 15 is 0 Å². The molecule has 0 saturated carbocycles. The average Bonchev–Trinajstić information content (AvgIpc) is 3.30. The number of aromatic nitrogens is 1. The highest BCUT2D eigenvalue weighted by Gasteiger charge is 2.11. The molecule has 0 bridgehead atoms. The molecule has 3 heterocycles. The van der Waals surface area contributed by atoms with Gasteiger partial charge in [0.05, 0.1) is 27.0 Å². The number of thiazole rings is 1. The summed E-state index contributed by atoms with van der Waals surface area (Å²) in [4.78, 5) is 31.1. The van der Waals surface area contributed by atoms with Gasteiger partial charge in [-0.25, -0.2) is 4.98 Å². The maximum Gasteiger partial charge on any atom is 0.220 e. The molecule has 7 heteroatoms. The van der Waals surface area contributed by atoms with Gasteiger partial charge in [-0.15, -0.1) is 34.0 Å². The van der Waals surface area contributed by atoms with Crippen molar-refractivity contribution in [3.8, 4) is 10.6 Å². The maximum absolute atomic E-state index is 11.9. The van der Waals surface area contributed by atoms with E-state index in [0.29, 0.717) is 11.4 Å². The number of nitrogens with one attached hydrogen (secondary N) is 1. The molecule has 0 radical (unpaired) electrons. The molecule has 124 valence electrons. The second-order valence-corrected chi connectivity index (χ2v) is 8.37. The zero-order chi connectivity index (χ0) is 16.9. The average molecular weight is 377 g/mol. The first-order valence-electron chi connectivity index (χ1n) is 7.46. The van der Waals surface area contributed by atoms with Crippen LogP contribution in [-0.4, -0.2) is 16.7 Å². The number of carbonyl (C=O) groups excluding carboxylic acids is 2. The van der Waals surface area contributed by atoms with Crippen LogP contribution in [0.5, 0.6) is 0 Å². The van der Waals surface area contributed by atoms with Crippen molar-refractivity contribution in [3.63, 3.8) is 0 Å². The van der Waals surface area contributed by atoms with E-state index < -0.39 is 0 Å². The van der Waals surface area contributed by atoms with Crippen molar-refractivity contribution in [1.29, 1.82) is 0 Å². The molecule has 1 N–H and O–H groups in total. The van der Waals surface area contributed by atoms with E-state index in [-0.39, 0.29) is 24.5 Å². The maximum atomic E-state index is 11.9. The number of ketones is 1. The van der Waals surface area contributed by atoms with Crippen molar-refractivity contribution in [2.75, 3.05) is 0 Å². The number of Topliss-reactive ketones (excluding diaryl/α,β-unsaturated/α-hetero) is 1. The first-order valence-corrected chi connectivity index (χ1v) is 10.0. The number of thiophene rings is 2. The summed E-state index contributed by atoms with van der Waals surface area (Å²) in [6.07, 6.45) is 0.473. The van der Waals surface area contributed by atoms with Gasteiger partial charge in [0.2, 0.25) is 5.91 Å². The minimum atomic E-state index is -0.0978. The molecule has 3 aromatic heterocycles. The van der Waals surface area contributed by atoms with Gasteiger partial charge in [0.25, 0.3) is 0 Å². The van der Waals surface area contributed by atoms with Crippen LogP contribution in [0.3, 0.4) is 0 Å². The van der Waals surface area contributed by atoms with Gasteiger partial charge in [-0.3, -0.25) is 9.59 Å². The minimum absolute atomic E-state index is 0.0254. The summed E-state index contributed by atoms with van der Waals surface area (Å²) < 4.78 is 0. The van der Waals surface area contributed by atoms with Crippen molar-refractivity contribution < 1.29 is 9.59 Å². The first kappa shape index (κ1) is 17.0. The molecule has 0 aliphatic rings. The Balaban J connectivity index is 1.46. The lowest BCUT2D eigenvalue weighted by Crippen LogP contribution is -2.22. The Hall–Kier alpha value is -1.83. The molecule has 0 aromatic carbocycles. The van der Waals surface area contributed by atoms with E-state index in [1.807, 2.05) is 35.9 Å². The van der Waals surface area contributed by atoms with Crippen molar-refractivity contribution in [2.24, 2.45) is 0 Å². The summed E-state index contributed by atoms with van der Waals surface area (Å²) in [7, 11) is 0. The van der Waals surface area contributed by atoms with Gasteiger partial charge >= 0.3 is 0 Å². The van der Waals surface area contributed by atoms with Crippen LogP contribution in [0, 0.1) is 6.92 Å². The molecular weight excluding hydrogens is 360 g/mol. The van der Waals surface area contributed by atoms with Gasteiger partial charge in [-0.1, -0.05) is 6.07 Å². The van der Waals surface area contributed by atoms with E-state index in [2.05, 4.69) is 10.3 Å². The van der Waals surface area contributed by atoms with E-state index in [1.54, 1.807) is 28.7 Å². The number of hydrogen-bond acceptors (Lipinski definition) is 6. The van der Waals surface area contributed by atoms with Gasteiger partial charge in [0, 0.05) is 23.1 Å². The Kier molecular flexibility index (Phi) is 5.55. The largest absolute Gasteiger partial charge is 0.351 e. The fourth-order valence-corrected chi connectivity index (χ4v) is 4.44. The summed E-state index contributed by atoms with van der Waals surface area (Å²) in [5.74, 6) is -0.0724. The Labute approximate surface area is 152 Å². The van der Waals surface area contributed by atoms with Crippen molar-refractivity contribution in [1.82, 2.24) is 10.3 Å². The van der Waals surface area contributed by atoms with Crippen LogP contribution >= 0.6 is 34.0 Å². The van der Waals surface area contributed by atoms with Crippen molar-refractivity contribution in [2.45, 2.75) is 26.3 Å². The van der Waals surface area contributed by atoms with E-state index in [9.17, 15) is 9.59 Å². The Morgan fingerprint density at radius 3 is 2.75 bits per heavy atom. The van der Waals surface area contributed by atoms with Crippen LogP contribution in [0.1, 0.15) is 32.4 Å². The number of aryl methyl sites for hydroxylation is 1. The lowest BCUT2D eigenvalue weighted by molar-refractivity contribution is -0.121. The number of carbonyl (C=O) groups is 2. The molecule has 3 rings (SSSR count). The number of hydrogen-bond donors (Lipinski definition) is 1. The molecular formula is C17H16N2O2S3. The third-order valence-corrected chi connectivity index (χ3v) is 6.16. The Bertz CT molecular complexity index is 834. The molecule has 0 unspecified atom stereocenters. The Morgan fingerprint density at radius 1 is 1.17 bits per heavy atom. The highest BCUT2D eigenvalue weighted by Crippen LogP contribution is 2.28. The zero-order valence-electron chi connectivity index (χ0n) is 13.1. The van der Waals surface area contributed by atoms with E-state index in [0.717, 1.165) is 20.5 Å². The van der Waals surface area contributed by atoms with Crippen LogP contribution < -0.4 is 5.32 Å². The topological polar surface area (TPSA) is 59.1 Å². The molecule has 4 nitrogen and oxygen atoms in total. The fourth-order valence-electron chi connectivity index (χ4n) is 2.15. The Morgan fingerprint density at radius 2 is 2.04 bits per heavy atom. The monoisotopic (exact) mass is 376 g/mol. The summed E-state index contributed by atoms with van der Waals surface area (Å²) >= 11 is 4.67. The molecule has 0 spiro atoms. The molecule has 0 aliphatic heterocycles. The van der Waals surface area contributed by atoms with Crippen LogP contribution in [0.15, 0.2) is 35.0 Å². The van der Waals surface area contributed by atoms with Gasteiger partial charge in [0.1, 0.15) is 0 Å². The van der Waals surface area contributed by atoms with Crippen LogP contribution in [0.25, 0.3) is 10.6 Å². The second kappa shape index (κ2) is 7.83. The summed E-state index contributed by atoms with van der Waals surface area (Å²) in [5, 5.41) is 7.83. The number of nitrogens with zero attached hydrogens (tertiary/aromatic N) is 1. The molecule has 1 amide bonds. The predicted octanol–water partition coefficient (Wildman–Crippen LogP) is 4.52. The van der Waals surface area contributed by atoms with Gasteiger partial charge in [0.15, 0.2) is 5.78 Å². The van der Waals surface area contributed by atoms with Crippen LogP contribution in [0.2, 0.25) is 0 Å². The van der Waals surface area contributed by atoms with Crippen LogP contribution in [0.4, 0.5) is 0 Å². The minimum Gasteiger partial charge on any atom is -0.351 e. The molecule has 0 aliphatic carbocycles. The third-order valence-electron chi connectivity index (χ3n) is 3.37. The van der Waals surface area contributed by atoms with Gasteiger partial charge in [-0.2, -0.15) is 0 Å². The molecule has 0 saturated heterocycles. The number of amides is 1. The highest BCUT2D eigenvalue weighted by molar-refractivity contribution is 7.16. The SMILES string of the molecule is Cc1nc(-c2ccc(CNC(=O)CCC(=O)c3cccs3)s2)cs1. The molecule has 24 heavy (non-hydrogen) atoms. The first-order chi connectivity index (χ1) is 11.6. The number of rotatable bonds is 7. The molecule has 0 atom stereocenters. The summed E-state index contributed by atoms with van der Waals surface area (Å²) in [5.41, 5.74) is 0.988. The normalized spacial score (nSPS) is 10.7. The second-order valence-electron chi connectivity index (χ2n) is 5.19. The smallest absolute Gasteiger partial charge is 0.220 e. The van der Waals surface area contributed by atoms with Gasteiger partial charge in [-0.05, 0) is 30.5 Å². The van der Waals surface area contributed by atoms with Crippen LogP contribution in [-0.2, 0) is 11.3 Å².